The quantitative estimate of drug-likeness (QED) is 0.807. The third-order valence-electron chi connectivity index (χ3n) is 2.36. The van der Waals surface area contributed by atoms with Crippen molar-refractivity contribution in [1.82, 2.24) is 9.36 Å². The van der Waals surface area contributed by atoms with Crippen molar-refractivity contribution in [3.05, 3.63) is 35.7 Å². The Balaban J connectivity index is 2.19. The van der Waals surface area contributed by atoms with Crippen LogP contribution in [0.3, 0.4) is 0 Å². The van der Waals surface area contributed by atoms with Crippen LogP contribution in [0.5, 0.6) is 0 Å². The minimum Gasteiger partial charge on any atom is -0.393 e. The molecule has 0 unspecified atom stereocenters. The first-order valence-corrected chi connectivity index (χ1v) is 8.24. The molecule has 0 aliphatic carbocycles. The Hall–Kier alpha value is -1.58. The highest BCUT2D eigenvalue weighted by Crippen LogP contribution is 2.18. The molecule has 1 heterocycles. The topological polar surface area (TPSA) is 98.0 Å². The van der Waals surface area contributed by atoms with Crippen LogP contribution in [0.25, 0.3) is 0 Å². The van der Waals surface area contributed by atoms with E-state index in [4.69, 9.17) is 18.0 Å². The molecule has 0 bridgehead atoms. The van der Waals surface area contributed by atoms with E-state index in [-0.39, 0.29) is 10.0 Å². The molecule has 2 aromatic rings. The molecule has 0 aliphatic heterocycles. The summed E-state index contributed by atoms with van der Waals surface area (Å²) in [5, 5.41) is 0.245. The molecule has 3 N–H and O–H groups in total. The van der Waals surface area contributed by atoms with Gasteiger partial charge in [-0.1, -0.05) is 24.4 Å². The van der Waals surface area contributed by atoms with E-state index in [1.165, 1.54) is 12.1 Å². The van der Waals surface area contributed by atoms with Crippen LogP contribution in [0, 0.1) is 6.92 Å². The summed E-state index contributed by atoms with van der Waals surface area (Å²) in [5.41, 5.74) is 6.30. The van der Waals surface area contributed by atoms with Crippen molar-refractivity contribution >= 4 is 43.9 Å². The third kappa shape index (κ3) is 3.71. The van der Waals surface area contributed by atoms with Crippen molar-refractivity contribution in [2.45, 2.75) is 18.2 Å². The Morgan fingerprint density at radius 2 is 2.05 bits per heavy atom. The van der Waals surface area contributed by atoms with E-state index in [2.05, 4.69) is 14.1 Å². The lowest BCUT2D eigenvalue weighted by atomic mass is 10.1. The van der Waals surface area contributed by atoms with Gasteiger partial charge >= 0.3 is 0 Å². The molecule has 0 saturated carbocycles. The molecule has 0 saturated heterocycles. The maximum absolute atomic E-state index is 12.1. The number of hydrogen-bond donors (Lipinski definition) is 2. The maximum atomic E-state index is 12.1. The molecule has 20 heavy (non-hydrogen) atoms. The molecule has 0 atom stereocenters. The highest BCUT2D eigenvalue weighted by atomic mass is 32.2. The summed E-state index contributed by atoms with van der Waals surface area (Å²) in [6.07, 6.45) is 0.443. The summed E-state index contributed by atoms with van der Waals surface area (Å²) >= 11 is 5.80. The number of anilines is 1. The Morgan fingerprint density at radius 1 is 1.40 bits per heavy atom. The third-order valence-corrected chi connectivity index (χ3v) is 4.71. The molecule has 2 rings (SSSR count). The number of nitrogens with two attached hydrogens (primary N) is 1. The van der Waals surface area contributed by atoms with E-state index < -0.39 is 10.0 Å². The van der Waals surface area contributed by atoms with E-state index in [9.17, 15) is 8.42 Å². The molecule has 0 radical (unpaired) electrons. The summed E-state index contributed by atoms with van der Waals surface area (Å²) in [6, 6.07) is 6.37. The van der Waals surface area contributed by atoms with Crippen molar-refractivity contribution in [1.29, 1.82) is 0 Å². The number of aryl methyl sites for hydroxylation is 1. The van der Waals surface area contributed by atoms with Crippen LogP contribution in [0.4, 0.5) is 5.13 Å². The Morgan fingerprint density at radius 3 is 2.55 bits per heavy atom. The first-order valence-electron chi connectivity index (χ1n) is 5.57. The van der Waals surface area contributed by atoms with Crippen LogP contribution in [0.1, 0.15) is 11.4 Å². The van der Waals surface area contributed by atoms with E-state index >= 15 is 0 Å². The highest BCUT2D eigenvalue weighted by molar-refractivity contribution is 7.93. The zero-order chi connectivity index (χ0) is 14.8. The second-order valence-corrected chi connectivity index (χ2v) is 7.00. The van der Waals surface area contributed by atoms with Crippen LogP contribution >= 0.6 is 23.8 Å². The maximum Gasteiger partial charge on any atom is 0.263 e. The number of thiocarbonyl (C=S) groups is 1. The average Bonchev–Trinajstić information content (AvgIpc) is 2.74. The Labute approximate surface area is 126 Å². The fourth-order valence-corrected chi connectivity index (χ4v) is 3.47. The summed E-state index contributed by atoms with van der Waals surface area (Å²) in [6.45, 7) is 1.69. The summed E-state index contributed by atoms with van der Waals surface area (Å²) in [7, 11) is -3.65. The van der Waals surface area contributed by atoms with Gasteiger partial charge in [-0.05, 0) is 24.6 Å². The largest absolute Gasteiger partial charge is 0.393 e. The van der Waals surface area contributed by atoms with Crippen molar-refractivity contribution < 1.29 is 8.42 Å². The minimum absolute atomic E-state index is 0.150. The number of nitrogens with zero attached hydrogens (tertiary/aromatic N) is 2. The molecular formula is C11H12N4O2S3. The van der Waals surface area contributed by atoms with Crippen molar-refractivity contribution in [2.24, 2.45) is 5.73 Å². The van der Waals surface area contributed by atoms with Gasteiger partial charge < -0.3 is 5.73 Å². The number of nitrogens with one attached hydrogen (secondary N) is 1. The molecule has 0 spiro atoms. The van der Waals surface area contributed by atoms with Crippen molar-refractivity contribution in [3.63, 3.8) is 0 Å². The number of aromatic nitrogens is 2. The van der Waals surface area contributed by atoms with E-state index in [1.54, 1.807) is 19.1 Å². The number of benzene rings is 1. The van der Waals surface area contributed by atoms with Crippen LogP contribution in [0.2, 0.25) is 0 Å². The van der Waals surface area contributed by atoms with Gasteiger partial charge in [0.25, 0.3) is 10.0 Å². The first kappa shape index (κ1) is 14.8. The summed E-state index contributed by atoms with van der Waals surface area (Å²) < 4.78 is 30.5. The second kappa shape index (κ2) is 5.81. The van der Waals surface area contributed by atoms with Crippen LogP contribution in [-0.2, 0) is 16.4 Å². The highest BCUT2D eigenvalue weighted by Gasteiger charge is 2.16. The van der Waals surface area contributed by atoms with Gasteiger partial charge in [-0.25, -0.2) is 13.4 Å². The first-order chi connectivity index (χ1) is 9.37. The molecular weight excluding hydrogens is 316 g/mol. The van der Waals surface area contributed by atoms with Gasteiger partial charge in [0.15, 0.2) is 0 Å². The van der Waals surface area contributed by atoms with Gasteiger partial charge in [-0.2, -0.15) is 4.37 Å². The normalized spacial score (nSPS) is 11.2. The minimum atomic E-state index is -3.65. The Kier molecular flexibility index (Phi) is 4.31. The predicted molar refractivity (Wildman–Crippen MR) is 82.4 cm³/mol. The number of sulfonamides is 1. The summed E-state index contributed by atoms with van der Waals surface area (Å²) in [4.78, 5) is 4.48. The zero-order valence-electron chi connectivity index (χ0n) is 10.5. The fourth-order valence-electron chi connectivity index (χ4n) is 1.50. The standard InChI is InChI=1S/C11H12N4O2S3/c1-7-13-11(19-14-7)15-20(16,17)9-4-2-8(3-5-9)6-10(12)18/h2-5H,6H2,1H3,(H2,12,18)(H,13,14,15). The second-order valence-electron chi connectivity index (χ2n) is 4.04. The smallest absolute Gasteiger partial charge is 0.263 e. The molecule has 0 fully saturated rings. The van der Waals surface area contributed by atoms with Gasteiger partial charge in [0, 0.05) is 18.0 Å². The van der Waals surface area contributed by atoms with E-state index in [0.717, 1.165) is 17.1 Å². The van der Waals surface area contributed by atoms with Gasteiger partial charge in [-0.3, -0.25) is 4.72 Å². The van der Waals surface area contributed by atoms with Gasteiger partial charge in [0.1, 0.15) is 5.82 Å². The van der Waals surface area contributed by atoms with Crippen LogP contribution in [0.15, 0.2) is 29.2 Å². The Bertz CT molecular complexity index is 722. The zero-order valence-corrected chi connectivity index (χ0v) is 13.0. The van der Waals surface area contributed by atoms with Crippen LogP contribution in [-0.4, -0.2) is 22.8 Å². The van der Waals surface area contributed by atoms with E-state index in [1.807, 2.05) is 0 Å². The monoisotopic (exact) mass is 328 g/mol. The van der Waals surface area contributed by atoms with E-state index in [0.29, 0.717) is 17.2 Å². The molecule has 1 aromatic heterocycles. The lowest BCUT2D eigenvalue weighted by Gasteiger charge is -2.06. The fraction of sp³-hybridized carbons (Fsp3) is 0.182. The SMILES string of the molecule is Cc1nsc(NS(=O)(=O)c2ccc(CC(N)=S)cc2)n1. The lowest BCUT2D eigenvalue weighted by Crippen LogP contribution is -2.14. The average molecular weight is 328 g/mol. The number of rotatable bonds is 5. The summed E-state index contributed by atoms with van der Waals surface area (Å²) in [5.74, 6) is 0.527. The molecule has 0 aliphatic rings. The van der Waals surface area contributed by atoms with Gasteiger partial charge in [0.2, 0.25) is 5.13 Å². The van der Waals surface area contributed by atoms with Crippen molar-refractivity contribution in [2.75, 3.05) is 4.72 Å². The number of hydrogen-bond acceptors (Lipinski definition) is 6. The molecule has 106 valence electrons. The van der Waals surface area contributed by atoms with Crippen LogP contribution < -0.4 is 10.5 Å². The van der Waals surface area contributed by atoms with Gasteiger partial charge in [0.05, 0.1) is 9.88 Å². The predicted octanol–water partition coefficient (Wildman–Crippen LogP) is 1.48. The van der Waals surface area contributed by atoms with Gasteiger partial charge in [-0.15, -0.1) is 0 Å². The molecule has 0 amide bonds. The molecule has 9 heteroatoms. The lowest BCUT2D eigenvalue weighted by molar-refractivity contribution is 0.601. The van der Waals surface area contributed by atoms with Crippen molar-refractivity contribution in [3.8, 4) is 0 Å². The molecule has 1 aromatic carbocycles. The molecule has 6 nitrogen and oxygen atoms in total.